The van der Waals surface area contributed by atoms with Gasteiger partial charge in [0, 0.05) is 0 Å². The highest BCUT2D eigenvalue weighted by Crippen LogP contribution is 2.21. The van der Waals surface area contributed by atoms with Crippen LogP contribution in [0.4, 0.5) is 0 Å². The lowest BCUT2D eigenvalue weighted by atomic mass is 10.0. The van der Waals surface area contributed by atoms with Gasteiger partial charge in [0.1, 0.15) is 19.8 Å². The second kappa shape index (κ2) is 16.9. The van der Waals surface area contributed by atoms with Crippen molar-refractivity contribution >= 4 is 30.1 Å². The van der Waals surface area contributed by atoms with Gasteiger partial charge >= 0.3 is 23.9 Å². The summed E-state index contributed by atoms with van der Waals surface area (Å²) in [5, 5.41) is 15.1. The Bertz CT molecular complexity index is 1600. The van der Waals surface area contributed by atoms with E-state index in [1.165, 1.54) is 55.6 Å². The molecule has 0 fully saturated rings. The number of aliphatic hydroxyl groups is 1. The molecule has 0 amide bonds. The normalized spacial score (nSPS) is 13.4. The van der Waals surface area contributed by atoms with E-state index < -0.39 is 54.9 Å². The van der Waals surface area contributed by atoms with Crippen LogP contribution < -0.4 is 0 Å². The Morgan fingerprint density at radius 2 is 0.957 bits per heavy atom. The predicted molar refractivity (Wildman–Crippen MR) is 165 cm³/mol. The summed E-state index contributed by atoms with van der Waals surface area (Å²) < 4.78 is 22.6. The summed E-state index contributed by atoms with van der Waals surface area (Å²) in [6, 6.07) is 31.7. The number of oxime groups is 1. The molecule has 4 aromatic rings. The Kier molecular flexibility index (Phi) is 12.1. The van der Waals surface area contributed by atoms with E-state index in [1.807, 2.05) is 0 Å². The van der Waals surface area contributed by atoms with Crippen LogP contribution in [-0.4, -0.2) is 73.3 Å². The van der Waals surface area contributed by atoms with Crippen LogP contribution >= 0.6 is 0 Å². The van der Waals surface area contributed by atoms with Crippen molar-refractivity contribution in [2.24, 2.45) is 5.16 Å². The summed E-state index contributed by atoms with van der Waals surface area (Å²) in [6.07, 6.45) is -5.83. The Balaban J connectivity index is 1.73. The van der Waals surface area contributed by atoms with Crippen molar-refractivity contribution in [1.29, 1.82) is 0 Å². The van der Waals surface area contributed by atoms with Gasteiger partial charge in [-0.05, 0) is 48.5 Å². The molecule has 0 saturated carbocycles. The van der Waals surface area contributed by atoms with Crippen LogP contribution in [0.1, 0.15) is 41.4 Å². The molecule has 236 valence electrons. The smallest absolute Gasteiger partial charge is 0.338 e. The molecular weight excluding hydrogens is 594 g/mol. The molecule has 4 atom stereocenters. The van der Waals surface area contributed by atoms with Gasteiger partial charge in [0.15, 0.2) is 18.3 Å². The largest absolute Gasteiger partial charge is 0.459 e. The van der Waals surface area contributed by atoms with Crippen LogP contribution in [-0.2, 0) is 23.8 Å². The monoisotopic (exact) mass is 625 g/mol. The summed E-state index contributed by atoms with van der Waals surface area (Å²) in [5.41, 5.74) is 0.586. The zero-order valence-electron chi connectivity index (χ0n) is 24.7. The van der Waals surface area contributed by atoms with Crippen molar-refractivity contribution in [3.8, 4) is 0 Å². The van der Waals surface area contributed by atoms with Crippen molar-refractivity contribution in [2.45, 2.75) is 24.4 Å². The first-order chi connectivity index (χ1) is 22.4. The van der Waals surface area contributed by atoms with Gasteiger partial charge in [-0.2, -0.15) is 0 Å². The Morgan fingerprint density at radius 1 is 0.587 bits per heavy atom. The fourth-order valence-electron chi connectivity index (χ4n) is 4.20. The number of hydrogen-bond donors (Lipinski definition) is 1. The lowest BCUT2D eigenvalue weighted by molar-refractivity contribution is -0.116. The Morgan fingerprint density at radius 3 is 1.37 bits per heavy atom. The standard InChI is InChI=1S/C35H31NO10/c1-42-36-22-29(44-33(39)25-16-8-3-9-17-25)31(46-35(41)27-20-12-5-13-21-27)30(45-34(40)26-18-10-4-11-19-26)28(37)23-43-32(38)24-14-6-2-7-15-24/h2-22,28-31,37H,23H2,1H3/b36-22+/t28-,29-,30-,31-/m1/s1. The number of carbonyl (C=O) groups excluding carboxylic acids is 4. The third kappa shape index (κ3) is 9.34. The van der Waals surface area contributed by atoms with Crippen LogP contribution in [0, 0.1) is 0 Å². The molecule has 11 nitrogen and oxygen atoms in total. The number of benzene rings is 4. The van der Waals surface area contributed by atoms with Gasteiger partial charge in [-0.3, -0.25) is 0 Å². The minimum Gasteiger partial charge on any atom is -0.459 e. The number of nitrogens with zero attached hydrogens (tertiary/aromatic N) is 1. The second-order valence-corrected chi connectivity index (χ2v) is 9.68. The summed E-state index contributed by atoms with van der Waals surface area (Å²) in [7, 11) is 1.24. The van der Waals surface area contributed by atoms with E-state index in [0.29, 0.717) is 0 Å². The Labute approximate surface area is 264 Å². The van der Waals surface area contributed by atoms with E-state index in [9.17, 15) is 24.3 Å². The minimum atomic E-state index is -1.79. The van der Waals surface area contributed by atoms with Crippen molar-refractivity contribution in [3.05, 3.63) is 144 Å². The summed E-state index contributed by atoms with van der Waals surface area (Å²) >= 11 is 0. The molecule has 4 rings (SSSR count). The van der Waals surface area contributed by atoms with Crippen molar-refractivity contribution in [2.75, 3.05) is 13.7 Å². The predicted octanol–water partition coefficient (Wildman–Crippen LogP) is 4.51. The fourth-order valence-corrected chi connectivity index (χ4v) is 4.20. The maximum atomic E-state index is 13.4. The summed E-state index contributed by atoms with van der Waals surface area (Å²) in [5.74, 6) is -3.41. The molecule has 0 radical (unpaired) electrons. The van der Waals surface area contributed by atoms with E-state index in [0.717, 1.165) is 6.21 Å². The van der Waals surface area contributed by atoms with Gasteiger partial charge in [-0.1, -0.05) is 78.0 Å². The van der Waals surface area contributed by atoms with Gasteiger partial charge in [0.2, 0.25) is 0 Å². The summed E-state index contributed by atoms with van der Waals surface area (Å²) in [4.78, 5) is 57.4. The number of carbonyl (C=O) groups is 4. The average Bonchev–Trinajstić information content (AvgIpc) is 3.11. The topological polar surface area (TPSA) is 147 Å². The first-order valence-corrected chi connectivity index (χ1v) is 14.1. The molecule has 0 aliphatic heterocycles. The summed E-state index contributed by atoms with van der Waals surface area (Å²) in [6.45, 7) is -0.694. The lowest BCUT2D eigenvalue weighted by Gasteiger charge is -2.33. The Hall–Kier alpha value is -5.81. The van der Waals surface area contributed by atoms with Crippen LogP contribution in [0.5, 0.6) is 0 Å². The van der Waals surface area contributed by atoms with E-state index >= 15 is 0 Å². The number of esters is 4. The third-order valence-corrected chi connectivity index (χ3v) is 6.49. The molecule has 0 heterocycles. The third-order valence-electron chi connectivity index (χ3n) is 6.49. The SMILES string of the molecule is CO/N=C/[C@@H](OC(=O)c1ccccc1)[C@@H](OC(=O)c1ccccc1)[C@H](OC(=O)c1ccccc1)[C@H](O)COC(=O)c1ccccc1. The molecule has 0 bridgehead atoms. The number of ether oxygens (including phenoxy) is 4. The van der Waals surface area contributed by atoms with Crippen LogP contribution in [0.2, 0.25) is 0 Å². The van der Waals surface area contributed by atoms with Crippen molar-refractivity contribution < 1.29 is 48.1 Å². The zero-order chi connectivity index (χ0) is 32.7. The number of rotatable bonds is 14. The van der Waals surface area contributed by atoms with Crippen LogP contribution in [0.25, 0.3) is 0 Å². The molecule has 46 heavy (non-hydrogen) atoms. The molecule has 0 aromatic heterocycles. The molecule has 0 spiro atoms. The molecule has 4 aromatic carbocycles. The van der Waals surface area contributed by atoms with Gasteiger partial charge < -0.3 is 28.9 Å². The lowest BCUT2D eigenvalue weighted by Crippen LogP contribution is -2.52. The number of hydrogen-bond acceptors (Lipinski definition) is 11. The van der Waals surface area contributed by atoms with Crippen molar-refractivity contribution in [3.63, 3.8) is 0 Å². The van der Waals surface area contributed by atoms with E-state index in [1.54, 1.807) is 72.8 Å². The van der Waals surface area contributed by atoms with Gasteiger partial charge in [0.05, 0.1) is 28.5 Å². The van der Waals surface area contributed by atoms with Crippen LogP contribution in [0.15, 0.2) is 126 Å². The van der Waals surface area contributed by atoms with Crippen molar-refractivity contribution in [1.82, 2.24) is 0 Å². The molecule has 0 aliphatic rings. The highest BCUT2D eigenvalue weighted by atomic mass is 16.6. The van der Waals surface area contributed by atoms with Gasteiger partial charge in [-0.25, -0.2) is 19.2 Å². The fraction of sp³-hybridized carbons (Fsp3) is 0.171. The average molecular weight is 626 g/mol. The first-order valence-electron chi connectivity index (χ1n) is 14.1. The highest BCUT2D eigenvalue weighted by molar-refractivity contribution is 5.92. The quantitative estimate of drug-likeness (QED) is 0.0919. The minimum absolute atomic E-state index is 0.109. The molecule has 0 aliphatic carbocycles. The van der Waals surface area contributed by atoms with E-state index in [4.69, 9.17) is 23.8 Å². The molecule has 0 unspecified atom stereocenters. The highest BCUT2D eigenvalue weighted by Gasteiger charge is 2.43. The molecule has 11 heteroatoms. The van der Waals surface area contributed by atoms with Gasteiger partial charge in [0.25, 0.3) is 0 Å². The number of aliphatic hydroxyl groups excluding tert-OH is 1. The second-order valence-electron chi connectivity index (χ2n) is 9.68. The molecular formula is C35H31NO10. The van der Waals surface area contributed by atoms with Gasteiger partial charge in [-0.15, -0.1) is 0 Å². The molecule has 1 N–H and O–H groups in total. The maximum absolute atomic E-state index is 13.4. The van der Waals surface area contributed by atoms with E-state index in [-0.39, 0.29) is 22.3 Å². The van der Waals surface area contributed by atoms with Crippen LogP contribution in [0.3, 0.4) is 0 Å². The first kappa shape index (κ1) is 33.1. The zero-order valence-corrected chi connectivity index (χ0v) is 24.7. The maximum Gasteiger partial charge on any atom is 0.338 e. The molecule has 0 saturated heterocycles. The van der Waals surface area contributed by atoms with E-state index in [2.05, 4.69) is 5.16 Å².